The third kappa shape index (κ3) is 5.83. The Hall–Kier alpha value is -0.120. The number of ether oxygens (including phenoxy) is 1. The summed E-state index contributed by atoms with van der Waals surface area (Å²) in [7, 11) is 0. The molecule has 0 aromatic heterocycles. The summed E-state index contributed by atoms with van der Waals surface area (Å²) in [4.78, 5) is 0. The molecule has 2 N–H and O–H groups in total. The smallest absolute Gasteiger partial charge is 0.0632 e. The Kier molecular flexibility index (Phi) is 5.73. The minimum absolute atomic E-state index is 0.393. The van der Waals surface area contributed by atoms with Gasteiger partial charge >= 0.3 is 0 Å². The van der Waals surface area contributed by atoms with Gasteiger partial charge in [0, 0.05) is 12.6 Å². The Bertz CT molecular complexity index is 186. The van der Waals surface area contributed by atoms with Crippen LogP contribution < -0.4 is 5.32 Å². The van der Waals surface area contributed by atoms with Crippen LogP contribution >= 0.6 is 0 Å². The van der Waals surface area contributed by atoms with Gasteiger partial charge < -0.3 is 15.2 Å². The minimum Gasteiger partial charge on any atom is -0.390 e. The Morgan fingerprint density at radius 2 is 2.19 bits per heavy atom. The van der Waals surface area contributed by atoms with E-state index in [0.717, 1.165) is 32.4 Å². The van der Waals surface area contributed by atoms with Gasteiger partial charge in [0.25, 0.3) is 0 Å². The predicted molar refractivity (Wildman–Crippen MR) is 66.6 cm³/mol. The molecule has 0 radical (unpaired) electrons. The topological polar surface area (TPSA) is 41.5 Å². The normalized spacial score (nSPS) is 24.9. The zero-order chi connectivity index (χ0) is 12.0. The van der Waals surface area contributed by atoms with Gasteiger partial charge in [-0.3, -0.25) is 0 Å². The second-order valence-corrected chi connectivity index (χ2v) is 5.53. The van der Waals surface area contributed by atoms with Gasteiger partial charge in [0.05, 0.1) is 11.7 Å². The van der Waals surface area contributed by atoms with E-state index >= 15 is 0 Å². The van der Waals surface area contributed by atoms with Gasteiger partial charge in [0.15, 0.2) is 0 Å². The van der Waals surface area contributed by atoms with Gasteiger partial charge in [-0.05, 0) is 45.6 Å². The number of rotatable bonds is 7. The number of nitrogens with one attached hydrogen (secondary N) is 1. The molecule has 96 valence electrons. The molecule has 0 aliphatic carbocycles. The maximum atomic E-state index is 10.2. The molecule has 0 aromatic carbocycles. The first kappa shape index (κ1) is 13.9. The molecule has 3 nitrogen and oxygen atoms in total. The second kappa shape index (κ2) is 6.58. The number of hydrogen-bond acceptors (Lipinski definition) is 3. The van der Waals surface area contributed by atoms with E-state index in [1.807, 2.05) is 6.92 Å². The SMILES string of the molecule is CC(C)NCCC(C)(O)CCC1CCCO1. The monoisotopic (exact) mass is 229 g/mol. The van der Waals surface area contributed by atoms with Gasteiger partial charge in [0.2, 0.25) is 0 Å². The lowest BCUT2D eigenvalue weighted by molar-refractivity contribution is 0.0187. The summed E-state index contributed by atoms with van der Waals surface area (Å²) in [5.74, 6) is 0. The maximum Gasteiger partial charge on any atom is 0.0632 e. The fourth-order valence-corrected chi connectivity index (χ4v) is 2.10. The van der Waals surface area contributed by atoms with Crippen LogP contribution in [-0.2, 0) is 4.74 Å². The molecule has 0 saturated carbocycles. The van der Waals surface area contributed by atoms with Crippen LogP contribution in [0.15, 0.2) is 0 Å². The highest BCUT2D eigenvalue weighted by Gasteiger charge is 2.23. The minimum atomic E-state index is -0.548. The molecule has 1 aliphatic rings. The molecule has 1 saturated heterocycles. The average Bonchev–Trinajstić information content (AvgIpc) is 2.66. The quantitative estimate of drug-likeness (QED) is 0.702. The lowest BCUT2D eigenvalue weighted by atomic mass is 9.94. The molecule has 0 spiro atoms. The van der Waals surface area contributed by atoms with Crippen LogP contribution in [0.2, 0.25) is 0 Å². The van der Waals surface area contributed by atoms with E-state index in [4.69, 9.17) is 4.74 Å². The van der Waals surface area contributed by atoms with Crippen molar-refractivity contribution in [3.8, 4) is 0 Å². The summed E-state index contributed by atoms with van der Waals surface area (Å²) in [6, 6.07) is 0.494. The lowest BCUT2D eigenvalue weighted by Crippen LogP contribution is -2.33. The van der Waals surface area contributed by atoms with Crippen molar-refractivity contribution in [1.29, 1.82) is 0 Å². The van der Waals surface area contributed by atoms with Gasteiger partial charge in [-0.25, -0.2) is 0 Å². The molecule has 0 bridgehead atoms. The van der Waals surface area contributed by atoms with Crippen LogP contribution in [0.3, 0.4) is 0 Å². The third-order valence-electron chi connectivity index (χ3n) is 3.25. The Morgan fingerprint density at radius 3 is 2.75 bits per heavy atom. The fourth-order valence-electron chi connectivity index (χ4n) is 2.10. The second-order valence-electron chi connectivity index (χ2n) is 5.53. The summed E-state index contributed by atoms with van der Waals surface area (Å²) in [5.41, 5.74) is -0.548. The van der Waals surface area contributed by atoms with Crippen molar-refractivity contribution in [3.05, 3.63) is 0 Å². The molecule has 1 heterocycles. The van der Waals surface area contributed by atoms with Crippen LogP contribution in [0.25, 0.3) is 0 Å². The zero-order valence-corrected chi connectivity index (χ0v) is 11.0. The predicted octanol–water partition coefficient (Wildman–Crippen LogP) is 2.08. The number of aliphatic hydroxyl groups is 1. The van der Waals surface area contributed by atoms with E-state index in [1.165, 1.54) is 12.8 Å². The fraction of sp³-hybridized carbons (Fsp3) is 1.00. The summed E-state index contributed by atoms with van der Waals surface area (Å²) < 4.78 is 5.56. The molecule has 3 heteroatoms. The first-order chi connectivity index (χ1) is 7.49. The van der Waals surface area contributed by atoms with Crippen molar-refractivity contribution >= 4 is 0 Å². The zero-order valence-electron chi connectivity index (χ0n) is 11.0. The van der Waals surface area contributed by atoms with Crippen LogP contribution in [0.5, 0.6) is 0 Å². The molecule has 1 fully saturated rings. The van der Waals surface area contributed by atoms with Crippen molar-refractivity contribution in [2.24, 2.45) is 0 Å². The molecule has 2 atom stereocenters. The average molecular weight is 229 g/mol. The van der Waals surface area contributed by atoms with Gasteiger partial charge in [-0.15, -0.1) is 0 Å². The van der Waals surface area contributed by atoms with Gasteiger partial charge in [0.1, 0.15) is 0 Å². The Balaban J connectivity index is 2.12. The molecule has 16 heavy (non-hydrogen) atoms. The molecular weight excluding hydrogens is 202 g/mol. The first-order valence-corrected chi connectivity index (χ1v) is 6.57. The van der Waals surface area contributed by atoms with Crippen LogP contribution in [-0.4, -0.2) is 36.0 Å². The summed E-state index contributed by atoms with van der Waals surface area (Å²) in [6.07, 6.45) is 5.40. The van der Waals surface area contributed by atoms with Crippen LogP contribution in [0, 0.1) is 0 Å². The summed E-state index contributed by atoms with van der Waals surface area (Å²) in [6.45, 7) is 7.98. The third-order valence-corrected chi connectivity index (χ3v) is 3.25. The molecule has 1 rings (SSSR count). The largest absolute Gasteiger partial charge is 0.390 e. The molecule has 0 aromatic rings. The van der Waals surface area contributed by atoms with Crippen LogP contribution in [0.1, 0.15) is 52.9 Å². The highest BCUT2D eigenvalue weighted by atomic mass is 16.5. The molecular formula is C13H27NO2. The summed E-state index contributed by atoms with van der Waals surface area (Å²) in [5, 5.41) is 13.5. The van der Waals surface area contributed by atoms with Crippen molar-refractivity contribution in [3.63, 3.8) is 0 Å². The maximum absolute atomic E-state index is 10.2. The molecule has 2 unspecified atom stereocenters. The number of hydrogen-bond donors (Lipinski definition) is 2. The lowest BCUT2D eigenvalue weighted by Gasteiger charge is -2.25. The Labute approximate surface area is 99.6 Å². The van der Waals surface area contributed by atoms with E-state index in [1.54, 1.807) is 0 Å². The molecule has 1 aliphatic heterocycles. The van der Waals surface area contributed by atoms with E-state index in [0.29, 0.717) is 12.1 Å². The van der Waals surface area contributed by atoms with Crippen molar-refractivity contribution in [1.82, 2.24) is 5.32 Å². The van der Waals surface area contributed by atoms with Crippen molar-refractivity contribution in [2.45, 2.75) is 70.6 Å². The highest BCUT2D eigenvalue weighted by molar-refractivity contribution is 4.77. The van der Waals surface area contributed by atoms with E-state index in [-0.39, 0.29) is 0 Å². The van der Waals surface area contributed by atoms with E-state index in [2.05, 4.69) is 19.2 Å². The van der Waals surface area contributed by atoms with Gasteiger partial charge in [-0.1, -0.05) is 13.8 Å². The van der Waals surface area contributed by atoms with E-state index < -0.39 is 5.60 Å². The summed E-state index contributed by atoms with van der Waals surface area (Å²) >= 11 is 0. The van der Waals surface area contributed by atoms with Crippen molar-refractivity contribution < 1.29 is 9.84 Å². The highest BCUT2D eigenvalue weighted by Crippen LogP contribution is 2.23. The first-order valence-electron chi connectivity index (χ1n) is 6.57. The Morgan fingerprint density at radius 1 is 1.44 bits per heavy atom. The van der Waals surface area contributed by atoms with Crippen molar-refractivity contribution in [2.75, 3.05) is 13.2 Å². The van der Waals surface area contributed by atoms with E-state index in [9.17, 15) is 5.11 Å². The van der Waals surface area contributed by atoms with Crippen LogP contribution in [0.4, 0.5) is 0 Å². The molecule has 0 amide bonds. The standard InChI is InChI=1S/C13H27NO2/c1-11(2)14-9-8-13(3,15)7-6-12-5-4-10-16-12/h11-12,14-15H,4-10H2,1-3H3. The van der Waals surface area contributed by atoms with Gasteiger partial charge in [-0.2, -0.15) is 0 Å².